The van der Waals surface area contributed by atoms with E-state index in [4.69, 9.17) is 20.7 Å². The Morgan fingerprint density at radius 3 is 2.41 bits per heavy atom. The van der Waals surface area contributed by atoms with Crippen molar-refractivity contribution in [2.75, 3.05) is 41.5 Å². The monoisotopic (exact) mass is 1050 g/mol. The van der Waals surface area contributed by atoms with Crippen molar-refractivity contribution >= 4 is 61.7 Å². The highest BCUT2D eigenvalue weighted by molar-refractivity contribution is 7.93. The van der Waals surface area contributed by atoms with Crippen molar-refractivity contribution in [2.24, 2.45) is 18.4 Å². The minimum absolute atomic E-state index is 0.0273. The number of rotatable bonds is 12. The largest absolute Gasteiger partial charge is 0.484 e. The second-order valence-electron chi connectivity index (χ2n) is 20.3. The van der Waals surface area contributed by atoms with Crippen LogP contribution in [0.15, 0.2) is 79.3 Å². The molecule has 11 rings (SSSR count). The van der Waals surface area contributed by atoms with Gasteiger partial charge in [-0.05, 0) is 93.2 Å². The van der Waals surface area contributed by atoms with Crippen LogP contribution in [0.4, 0.5) is 30.4 Å². The predicted octanol–water partition coefficient (Wildman–Crippen LogP) is 6.44. The molecule has 7 heterocycles. The number of sulfonamides is 1. The van der Waals surface area contributed by atoms with Gasteiger partial charge >= 0.3 is 5.76 Å². The van der Waals surface area contributed by atoms with Crippen molar-refractivity contribution in [3.05, 3.63) is 102 Å². The zero-order valence-corrected chi connectivity index (χ0v) is 41.8. The highest BCUT2D eigenvalue weighted by Gasteiger charge is 2.51. The summed E-state index contributed by atoms with van der Waals surface area (Å²) >= 11 is 0. The topological polar surface area (TPSA) is 240 Å². The molecule has 3 unspecified atom stereocenters. The van der Waals surface area contributed by atoms with Crippen LogP contribution >= 0.6 is 0 Å². The Bertz CT molecular complexity index is 3380. The van der Waals surface area contributed by atoms with Gasteiger partial charge in [0, 0.05) is 85.9 Å². The number of anilines is 3. The smallest absolute Gasteiger partial charge is 0.355 e. The number of imide groups is 1. The van der Waals surface area contributed by atoms with Crippen molar-refractivity contribution in [1.29, 1.82) is 0 Å². The molecule has 75 heavy (non-hydrogen) atoms. The predicted molar refractivity (Wildman–Crippen MR) is 269 cm³/mol. The normalized spacial score (nSPS) is 20.7. The maximum absolute atomic E-state index is 13.9. The molecule has 0 bridgehead atoms. The maximum atomic E-state index is 13.9. The minimum atomic E-state index is -5.08. The molecule has 3 saturated heterocycles. The Kier molecular flexibility index (Phi) is 12.6. The van der Waals surface area contributed by atoms with Crippen LogP contribution in [0.2, 0.25) is 0 Å². The standard InChI is InChI=1S/C52H54F3N11O8S/c1-28(29-6-9-33(53)10-7-29)74-40-22-30(8-11-37(40)61-75(72,73)51(54)55)44-43-45(62(2)60-44)36(26-57-46(43)56)32-25-58-65(27-32)34-14-18-64(19-15-34)48(69)31-23-52(24-31)16-20-63(21-17-52)38-5-3-4-35-42(38)50(71)66(49(35)70)39-12-13-41(67)59-47(39)68/h3-11,22,25-28,31,34,39,49,51,61,70H,12-21,23-24H2,1-2H3,(H2,56,57)(H,59,67,68). The number of aliphatic hydroxyl groups is 1. The van der Waals surface area contributed by atoms with Gasteiger partial charge < -0.3 is 25.4 Å². The number of aliphatic hydroxyl groups excluding tert-OH is 1. The number of carbonyl (C=O) groups excluding carboxylic acids is 4. The Hall–Kier alpha value is -7.53. The van der Waals surface area contributed by atoms with E-state index >= 15 is 0 Å². The lowest BCUT2D eigenvalue weighted by molar-refractivity contribution is -0.146. The van der Waals surface area contributed by atoms with Crippen molar-refractivity contribution in [2.45, 2.75) is 88.5 Å². The van der Waals surface area contributed by atoms with Crippen LogP contribution in [0.3, 0.4) is 0 Å². The summed E-state index contributed by atoms with van der Waals surface area (Å²) in [5, 5.41) is 23.5. The lowest BCUT2D eigenvalue weighted by atomic mass is 9.57. The summed E-state index contributed by atoms with van der Waals surface area (Å²) in [6.07, 6.45) is 8.22. The SMILES string of the molecule is CC(Oc1cc(-c2nn(C)c3c(-c4cnn(C5CCN(C(=O)C6CC7(CCN(c8cccc9c8C(=O)N(C8CCC(=O)NC8=O)C9O)CC7)C6)CC5)c4)cnc(N)c23)ccc1NS(=O)(=O)C(F)F)c1ccc(F)cc1. The van der Waals surface area contributed by atoms with E-state index in [2.05, 4.69) is 15.2 Å². The molecular formula is C52H54F3N11O8S. The average Bonchev–Trinajstić information content (AvgIpc) is 4.10. The van der Waals surface area contributed by atoms with E-state index in [1.54, 1.807) is 37.1 Å². The summed E-state index contributed by atoms with van der Waals surface area (Å²) < 4.78 is 76.9. The molecule has 0 radical (unpaired) electrons. The minimum Gasteiger partial charge on any atom is -0.484 e. The van der Waals surface area contributed by atoms with Crippen molar-refractivity contribution in [1.82, 2.24) is 39.7 Å². The number of hydrogen-bond donors (Lipinski definition) is 4. The second-order valence-corrected chi connectivity index (χ2v) is 22.0. The molecule has 3 aromatic heterocycles. The molecule has 3 atom stereocenters. The van der Waals surface area contributed by atoms with Crippen LogP contribution < -0.4 is 25.4 Å². The first-order valence-corrected chi connectivity index (χ1v) is 26.5. The van der Waals surface area contributed by atoms with E-state index < -0.39 is 57.7 Å². The number of nitrogens with two attached hydrogens (primary N) is 1. The second kappa shape index (κ2) is 19.0. The molecule has 1 spiro atoms. The van der Waals surface area contributed by atoms with Crippen LogP contribution in [-0.2, 0) is 31.5 Å². The van der Waals surface area contributed by atoms with Gasteiger partial charge in [-0.3, -0.25) is 43.5 Å². The number of nitrogen functional groups attached to an aromatic ring is 1. The Morgan fingerprint density at radius 1 is 0.973 bits per heavy atom. The Morgan fingerprint density at radius 2 is 1.71 bits per heavy atom. The number of pyridine rings is 1. The molecule has 4 fully saturated rings. The van der Waals surface area contributed by atoms with E-state index in [1.807, 2.05) is 32.6 Å². The number of nitrogens with zero attached hydrogens (tertiary/aromatic N) is 8. The first-order chi connectivity index (χ1) is 35.9. The number of benzene rings is 3. The van der Waals surface area contributed by atoms with E-state index in [-0.39, 0.29) is 53.4 Å². The zero-order chi connectivity index (χ0) is 52.7. The summed E-state index contributed by atoms with van der Waals surface area (Å²) in [4.78, 5) is 62.1. The number of aromatic nitrogens is 5. The van der Waals surface area contributed by atoms with E-state index in [9.17, 15) is 45.9 Å². The van der Waals surface area contributed by atoms with Gasteiger partial charge in [-0.1, -0.05) is 30.3 Å². The number of carbonyl (C=O) groups is 4. The average molecular weight is 1050 g/mol. The summed E-state index contributed by atoms with van der Waals surface area (Å²) in [6, 6.07) is 14.2. The van der Waals surface area contributed by atoms with Gasteiger partial charge in [-0.2, -0.15) is 19.0 Å². The summed E-state index contributed by atoms with van der Waals surface area (Å²) in [5.74, 6) is -5.41. The summed E-state index contributed by atoms with van der Waals surface area (Å²) in [6.45, 7) is 4.18. The molecule has 6 aromatic rings. The van der Waals surface area contributed by atoms with Crippen LogP contribution in [0.25, 0.3) is 33.3 Å². The van der Waals surface area contributed by atoms with Gasteiger partial charge in [0.05, 0.1) is 34.4 Å². The third-order valence-corrected chi connectivity index (χ3v) is 16.8. The van der Waals surface area contributed by atoms with Gasteiger partial charge in [-0.15, -0.1) is 0 Å². The molecule has 1 saturated carbocycles. The van der Waals surface area contributed by atoms with Crippen LogP contribution in [0, 0.1) is 17.2 Å². The number of hydrogen-bond acceptors (Lipinski definition) is 13. The van der Waals surface area contributed by atoms with Crippen molar-refractivity contribution in [3.8, 4) is 28.1 Å². The summed E-state index contributed by atoms with van der Waals surface area (Å²) in [7, 11) is -3.34. The molecule has 4 aliphatic heterocycles. The number of amides is 4. The number of alkyl halides is 2. The fourth-order valence-electron chi connectivity index (χ4n) is 11.8. The van der Waals surface area contributed by atoms with Gasteiger partial charge in [0.25, 0.3) is 15.9 Å². The van der Waals surface area contributed by atoms with Crippen LogP contribution in [0.5, 0.6) is 5.75 Å². The van der Waals surface area contributed by atoms with Gasteiger partial charge in [0.1, 0.15) is 35.2 Å². The van der Waals surface area contributed by atoms with Crippen LogP contribution in [0.1, 0.15) is 98.1 Å². The first-order valence-electron chi connectivity index (χ1n) is 24.9. The fraction of sp³-hybridized carbons (Fsp3) is 0.404. The molecule has 19 nitrogen and oxygen atoms in total. The molecule has 1 aliphatic carbocycles. The van der Waals surface area contributed by atoms with E-state index in [0.29, 0.717) is 83.4 Å². The molecule has 5 aliphatic rings. The highest BCUT2D eigenvalue weighted by atomic mass is 32.2. The number of nitrogens with one attached hydrogen (secondary N) is 2. The third-order valence-electron chi connectivity index (χ3n) is 15.8. The van der Waals surface area contributed by atoms with Crippen LogP contribution in [-0.4, -0.2) is 109 Å². The van der Waals surface area contributed by atoms with Gasteiger partial charge in [0.15, 0.2) is 6.23 Å². The Balaban J connectivity index is 0.731. The molecule has 23 heteroatoms. The third kappa shape index (κ3) is 8.97. The van der Waals surface area contributed by atoms with Crippen molar-refractivity contribution in [3.63, 3.8) is 0 Å². The summed E-state index contributed by atoms with van der Waals surface area (Å²) in [5.41, 5.74) is 11.3. The maximum Gasteiger partial charge on any atom is 0.355 e. The van der Waals surface area contributed by atoms with Crippen molar-refractivity contribution < 1.29 is 50.6 Å². The number of aryl methyl sites for hydroxylation is 1. The lowest BCUT2D eigenvalue weighted by Gasteiger charge is -2.53. The van der Waals surface area contributed by atoms with Gasteiger partial charge in [0.2, 0.25) is 17.7 Å². The number of ether oxygens (including phenoxy) is 1. The molecule has 3 aromatic carbocycles. The molecule has 4 amide bonds. The fourth-order valence-corrected chi connectivity index (χ4v) is 12.3. The quantitative estimate of drug-likeness (QED) is 0.0967. The lowest BCUT2D eigenvalue weighted by Crippen LogP contribution is -2.53. The zero-order valence-electron chi connectivity index (χ0n) is 41.0. The number of halogens is 3. The highest BCUT2D eigenvalue weighted by Crippen LogP contribution is 2.54. The van der Waals surface area contributed by atoms with E-state index in [0.717, 1.165) is 36.9 Å². The number of likely N-dealkylation sites (tertiary alicyclic amines) is 1. The first kappa shape index (κ1) is 49.7. The van der Waals surface area contributed by atoms with E-state index in [1.165, 1.54) is 47.4 Å². The molecular weight excluding hydrogens is 996 g/mol. The number of piperidine rings is 3. The molecule has 5 N–H and O–H groups in total. The number of fused-ring (bicyclic) bond motifs is 2. The molecule has 392 valence electrons. The Labute approximate surface area is 428 Å². The van der Waals surface area contributed by atoms with Gasteiger partial charge in [-0.25, -0.2) is 17.8 Å².